The largest absolute Gasteiger partial charge is 0.508 e. The minimum absolute atomic E-state index is 0.251. The minimum Gasteiger partial charge on any atom is -0.508 e. The van der Waals surface area contributed by atoms with E-state index in [2.05, 4.69) is 13.8 Å². The first kappa shape index (κ1) is 19.3. The summed E-state index contributed by atoms with van der Waals surface area (Å²) < 4.78 is 37.8. The highest BCUT2D eigenvalue weighted by molar-refractivity contribution is 5.42. The monoisotopic (exact) mass is 351 g/mol. The Morgan fingerprint density at radius 2 is 1.64 bits per heavy atom. The number of phenols is 1. The van der Waals surface area contributed by atoms with Crippen LogP contribution >= 0.6 is 0 Å². The van der Waals surface area contributed by atoms with Crippen LogP contribution in [-0.4, -0.2) is 17.1 Å². The number of phenolic OH excluding ortho intramolecular Hbond substituents is 1. The summed E-state index contributed by atoms with van der Waals surface area (Å²) in [6.07, 6.45) is -4.31. The summed E-state index contributed by atoms with van der Waals surface area (Å²) in [5, 5.41) is 10.2. The molecular formula is C20H24F3NO. The van der Waals surface area contributed by atoms with Gasteiger partial charge in [-0.3, -0.25) is 4.90 Å². The van der Waals surface area contributed by atoms with Crippen molar-refractivity contribution >= 4 is 0 Å². The Labute approximate surface area is 146 Å². The lowest BCUT2D eigenvalue weighted by molar-refractivity contribution is -0.137. The standard InChI is InChI=1S/C20H24F3NO/c1-13(2)18-10-16(19(25)9-14(18)3)12-24(4)11-15-5-7-17(8-6-15)20(21,22)23/h5-10,13,25H,11-12H2,1-4H3. The first-order valence-corrected chi connectivity index (χ1v) is 8.25. The second-order valence-corrected chi connectivity index (χ2v) is 6.86. The van der Waals surface area contributed by atoms with Gasteiger partial charge < -0.3 is 5.11 Å². The topological polar surface area (TPSA) is 23.5 Å². The Hall–Kier alpha value is -2.01. The maximum absolute atomic E-state index is 12.6. The highest BCUT2D eigenvalue weighted by Gasteiger charge is 2.29. The van der Waals surface area contributed by atoms with Crippen molar-refractivity contribution in [2.75, 3.05) is 7.05 Å². The van der Waals surface area contributed by atoms with E-state index in [1.165, 1.54) is 17.7 Å². The molecule has 0 spiro atoms. The van der Waals surface area contributed by atoms with Crippen LogP contribution in [-0.2, 0) is 19.3 Å². The predicted molar refractivity (Wildman–Crippen MR) is 93.5 cm³/mol. The zero-order valence-corrected chi connectivity index (χ0v) is 15.0. The van der Waals surface area contributed by atoms with Gasteiger partial charge >= 0.3 is 6.18 Å². The molecule has 0 aromatic heterocycles. The average Bonchev–Trinajstić information content (AvgIpc) is 2.49. The first-order chi connectivity index (χ1) is 11.6. The molecule has 0 heterocycles. The maximum atomic E-state index is 12.6. The SMILES string of the molecule is Cc1cc(O)c(CN(C)Cc2ccc(C(F)(F)F)cc2)cc1C(C)C. The number of benzene rings is 2. The van der Waals surface area contributed by atoms with E-state index in [9.17, 15) is 18.3 Å². The second kappa shape index (κ2) is 7.48. The Balaban J connectivity index is 2.10. The summed E-state index contributed by atoms with van der Waals surface area (Å²) in [7, 11) is 1.88. The van der Waals surface area contributed by atoms with E-state index < -0.39 is 11.7 Å². The molecule has 0 aliphatic carbocycles. The van der Waals surface area contributed by atoms with Gasteiger partial charge in [0.15, 0.2) is 0 Å². The predicted octanol–water partition coefficient (Wildman–Crippen LogP) is 5.47. The molecule has 0 saturated carbocycles. The fraction of sp³-hybridized carbons (Fsp3) is 0.400. The van der Waals surface area contributed by atoms with Crippen LogP contribution in [0.15, 0.2) is 36.4 Å². The van der Waals surface area contributed by atoms with Crippen molar-refractivity contribution in [3.05, 3.63) is 64.2 Å². The highest BCUT2D eigenvalue weighted by Crippen LogP contribution is 2.30. The van der Waals surface area contributed by atoms with Crippen LogP contribution < -0.4 is 0 Å². The summed E-state index contributed by atoms with van der Waals surface area (Å²) in [6.45, 7) is 7.21. The molecule has 25 heavy (non-hydrogen) atoms. The van der Waals surface area contributed by atoms with Gasteiger partial charge in [-0.1, -0.05) is 32.0 Å². The number of halogens is 3. The van der Waals surface area contributed by atoms with Gasteiger partial charge in [0.1, 0.15) is 5.75 Å². The lowest BCUT2D eigenvalue weighted by Crippen LogP contribution is -2.18. The molecule has 0 radical (unpaired) electrons. The van der Waals surface area contributed by atoms with Crippen molar-refractivity contribution in [3.63, 3.8) is 0 Å². The fourth-order valence-corrected chi connectivity index (χ4v) is 2.96. The molecule has 2 aromatic carbocycles. The molecule has 0 amide bonds. The molecule has 2 rings (SSSR count). The molecule has 2 aromatic rings. The zero-order chi connectivity index (χ0) is 18.8. The van der Waals surface area contributed by atoms with Gasteiger partial charge in [0.2, 0.25) is 0 Å². The average molecular weight is 351 g/mol. The highest BCUT2D eigenvalue weighted by atomic mass is 19.4. The molecule has 0 aliphatic heterocycles. The molecule has 0 atom stereocenters. The van der Waals surface area contributed by atoms with Crippen LogP contribution in [0.3, 0.4) is 0 Å². The molecule has 0 bridgehead atoms. The van der Waals surface area contributed by atoms with Crippen LogP contribution in [0.4, 0.5) is 13.2 Å². The number of nitrogens with zero attached hydrogens (tertiary/aromatic N) is 1. The quantitative estimate of drug-likeness (QED) is 0.771. The van der Waals surface area contributed by atoms with Crippen LogP contribution in [0.25, 0.3) is 0 Å². The van der Waals surface area contributed by atoms with Crippen LogP contribution in [0.2, 0.25) is 0 Å². The molecule has 136 valence electrons. The van der Waals surface area contributed by atoms with Crippen molar-refractivity contribution in [3.8, 4) is 5.75 Å². The molecule has 0 fully saturated rings. The molecule has 5 heteroatoms. The lowest BCUT2D eigenvalue weighted by Gasteiger charge is -2.20. The third-order valence-corrected chi connectivity index (χ3v) is 4.26. The van der Waals surface area contributed by atoms with Crippen molar-refractivity contribution in [1.29, 1.82) is 0 Å². The third-order valence-electron chi connectivity index (χ3n) is 4.26. The van der Waals surface area contributed by atoms with Crippen molar-refractivity contribution in [2.45, 2.75) is 46.0 Å². The summed E-state index contributed by atoms with van der Waals surface area (Å²) in [6, 6.07) is 8.98. The summed E-state index contributed by atoms with van der Waals surface area (Å²) in [5.74, 6) is 0.612. The van der Waals surface area contributed by atoms with Gasteiger partial charge in [-0.05, 0) is 54.8 Å². The van der Waals surface area contributed by atoms with Gasteiger partial charge in [0.05, 0.1) is 5.56 Å². The first-order valence-electron chi connectivity index (χ1n) is 8.25. The third kappa shape index (κ3) is 4.98. The lowest BCUT2D eigenvalue weighted by atomic mass is 9.95. The van der Waals surface area contributed by atoms with E-state index in [-0.39, 0.29) is 5.75 Å². The van der Waals surface area contributed by atoms with E-state index in [1.54, 1.807) is 6.07 Å². The summed E-state index contributed by atoms with van der Waals surface area (Å²) in [4.78, 5) is 1.97. The van der Waals surface area contributed by atoms with Crippen molar-refractivity contribution in [2.24, 2.45) is 0 Å². The molecule has 0 saturated heterocycles. The van der Waals surface area contributed by atoms with E-state index in [4.69, 9.17) is 0 Å². The van der Waals surface area contributed by atoms with E-state index in [1.807, 2.05) is 24.9 Å². The summed E-state index contributed by atoms with van der Waals surface area (Å²) in [5.41, 5.74) is 3.23. The van der Waals surface area contributed by atoms with Crippen molar-refractivity contribution < 1.29 is 18.3 Å². The van der Waals surface area contributed by atoms with E-state index >= 15 is 0 Å². The van der Waals surface area contributed by atoms with Gasteiger partial charge in [0.25, 0.3) is 0 Å². The van der Waals surface area contributed by atoms with Gasteiger partial charge in [-0.2, -0.15) is 13.2 Å². The Morgan fingerprint density at radius 1 is 1.04 bits per heavy atom. The van der Waals surface area contributed by atoms with Crippen LogP contribution in [0.5, 0.6) is 5.75 Å². The number of alkyl halides is 3. The molecule has 2 nitrogen and oxygen atoms in total. The molecule has 0 unspecified atom stereocenters. The van der Waals surface area contributed by atoms with Gasteiger partial charge in [-0.25, -0.2) is 0 Å². The smallest absolute Gasteiger partial charge is 0.416 e. The maximum Gasteiger partial charge on any atom is 0.416 e. The van der Waals surface area contributed by atoms with Crippen LogP contribution in [0.1, 0.15) is 47.6 Å². The normalized spacial score (nSPS) is 12.2. The number of aromatic hydroxyl groups is 1. The number of aryl methyl sites for hydroxylation is 1. The number of rotatable bonds is 5. The number of hydrogen-bond donors (Lipinski definition) is 1. The molecule has 0 aliphatic rings. The van der Waals surface area contributed by atoms with Crippen LogP contribution in [0, 0.1) is 6.92 Å². The number of hydrogen-bond acceptors (Lipinski definition) is 2. The van der Waals surface area contributed by atoms with E-state index in [0.717, 1.165) is 28.8 Å². The molecular weight excluding hydrogens is 327 g/mol. The Kier molecular flexibility index (Phi) is 5.78. The zero-order valence-electron chi connectivity index (χ0n) is 15.0. The fourth-order valence-electron chi connectivity index (χ4n) is 2.96. The Bertz CT molecular complexity index is 721. The van der Waals surface area contributed by atoms with Gasteiger partial charge in [0, 0.05) is 18.7 Å². The minimum atomic E-state index is -4.31. The van der Waals surface area contributed by atoms with E-state index in [0.29, 0.717) is 19.0 Å². The second-order valence-electron chi connectivity index (χ2n) is 6.86. The summed E-state index contributed by atoms with van der Waals surface area (Å²) >= 11 is 0. The Morgan fingerprint density at radius 3 is 2.16 bits per heavy atom. The van der Waals surface area contributed by atoms with Gasteiger partial charge in [-0.15, -0.1) is 0 Å². The van der Waals surface area contributed by atoms with Crippen molar-refractivity contribution in [1.82, 2.24) is 4.90 Å². The molecule has 1 N–H and O–H groups in total.